The number of nitriles is 1. The predicted octanol–water partition coefficient (Wildman–Crippen LogP) is 18.8. The molecule has 0 bridgehead atoms. The van der Waals surface area contributed by atoms with E-state index in [-0.39, 0.29) is 13.4 Å². The maximum Gasteiger partial charge on any atom is 0.252 e. The van der Waals surface area contributed by atoms with Gasteiger partial charge in [-0.25, -0.2) is 0 Å². The van der Waals surface area contributed by atoms with Crippen LogP contribution < -0.4 is 57.3 Å². The molecule has 0 saturated carbocycles. The molecule has 0 radical (unpaired) electrons. The first-order valence-corrected chi connectivity index (χ1v) is 32.6. The molecule has 4 aliphatic rings. The van der Waals surface area contributed by atoms with Crippen molar-refractivity contribution < 1.29 is 0 Å². The summed E-state index contributed by atoms with van der Waals surface area (Å²) in [6.45, 7) is -0.356. The summed E-state index contributed by atoms with van der Waals surface area (Å²) in [6, 6.07) is 127. The highest BCUT2D eigenvalue weighted by Crippen LogP contribution is 2.53. The van der Waals surface area contributed by atoms with Crippen LogP contribution in [-0.2, 0) is 0 Å². The molecule has 0 aromatic heterocycles. The highest BCUT2D eigenvalue weighted by atomic mass is 15.2. The second-order valence-corrected chi connectivity index (χ2v) is 25.0. The normalized spacial score (nSPS) is 12.9. The van der Waals surface area contributed by atoms with Gasteiger partial charge < -0.3 is 24.5 Å². The molecule has 0 unspecified atom stereocenters. The van der Waals surface area contributed by atoms with E-state index < -0.39 is 0 Å². The standard InChI is InChI=1S/C87H56B2N6/c90-57-58-47-49-59(50-48-58)84-68-39-19-21-41-70(68)85(71-42-22-20-40-69(71)84)60-51-80-86-81(52-60)94(65-35-15-5-16-36-65)78-56-79-75(55-74(78)88(86)72-43-23-25-45-76(72)92(80)63-31-11-3-12-32-63)89-73-44-24-26-46-77(73)93(64-33-13-4-14-34-64)82-53-67(54-83(87(82)89)95(79)66-37-17-6-18-38-66)91(61-27-7-1-8-28-61)62-29-9-2-10-30-62/h1-56H. The average molecular weight is 1210 g/mol. The van der Waals surface area contributed by atoms with Crippen LogP contribution in [0.2, 0.25) is 0 Å². The maximum absolute atomic E-state index is 9.93. The van der Waals surface area contributed by atoms with Crippen molar-refractivity contribution in [3.8, 4) is 28.3 Å². The monoisotopic (exact) mass is 1210 g/mol. The second-order valence-electron chi connectivity index (χ2n) is 25.0. The molecule has 0 saturated heterocycles. The number of benzene rings is 15. The van der Waals surface area contributed by atoms with Gasteiger partial charge in [-0.05, 0) is 204 Å². The van der Waals surface area contributed by atoms with Crippen molar-refractivity contribution in [2.45, 2.75) is 0 Å². The van der Waals surface area contributed by atoms with Gasteiger partial charge in [-0.15, -0.1) is 0 Å². The number of anilines is 15. The fourth-order valence-electron chi connectivity index (χ4n) is 16.1. The van der Waals surface area contributed by atoms with Gasteiger partial charge in [0, 0.05) is 79.6 Å². The lowest BCUT2D eigenvalue weighted by molar-refractivity contribution is 1.22. The van der Waals surface area contributed by atoms with Gasteiger partial charge in [0.1, 0.15) is 0 Å². The lowest BCUT2D eigenvalue weighted by Gasteiger charge is -2.47. The van der Waals surface area contributed by atoms with Gasteiger partial charge in [0.2, 0.25) is 0 Å². The summed E-state index contributed by atoms with van der Waals surface area (Å²) >= 11 is 0. The third-order valence-electron chi connectivity index (χ3n) is 19.9. The van der Waals surface area contributed by atoms with Crippen LogP contribution in [0.3, 0.4) is 0 Å². The zero-order valence-corrected chi connectivity index (χ0v) is 51.7. The smallest absolute Gasteiger partial charge is 0.252 e. The van der Waals surface area contributed by atoms with Crippen molar-refractivity contribution in [1.29, 1.82) is 5.26 Å². The van der Waals surface area contributed by atoms with Gasteiger partial charge in [-0.1, -0.05) is 212 Å². The molecule has 0 amide bonds. The SMILES string of the molecule is N#Cc1ccc(-c2c3ccccc3c(-c3cc4c5c(c3)N(c3ccccc3)c3cc6c(cc3B5c3ccccc3N4c3ccccc3)B3c4ccccc4N(c4ccccc4)c4cc(N(c5ccccc5)c5ccccc5)cc(c43)N6c3ccccc3)c3ccccc23)cc1. The molecular formula is C87H56B2N6. The first-order valence-electron chi connectivity index (χ1n) is 32.6. The van der Waals surface area contributed by atoms with E-state index in [0.29, 0.717) is 5.56 Å². The van der Waals surface area contributed by atoms with Gasteiger partial charge in [0.25, 0.3) is 13.4 Å². The number of para-hydroxylation sites is 8. The van der Waals surface area contributed by atoms with Crippen molar-refractivity contribution in [2.75, 3.05) is 24.5 Å². The summed E-state index contributed by atoms with van der Waals surface area (Å²) in [5.41, 5.74) is 29.2. The Morgan fingerprint density at radius 1 is 0.253 bits per heavy atom. The van der Waals surface area contributed by atoms with E-state index in [0.717, 1.165) is 124 Å². The van der Waals surface area contributed by atoms with Gasteiger partial charge in [-0.2, -0.15) is 5.26 Å². The first-order chi connectivity index (χ1) is 47.1. The van der Waals surface area contributed by atoms with Gasteiger partial charge in [-0.3, -0.25) is 0 Å². The lowest BCUT2D eigenvalue weighted by Crippen LogP contribution is -2.65. The lowest BCUT2D eigenvalue weighted by atomic mass is 9.30. The van der Waals surface area contributed by atoms with Gasteiger partial charge >= 0.3 is 0 Å². The first kappa shape index (κ1) is 54.2. The van der Waals surface area contributed by atoms with Gasteiger partial charge in [0.05, 0.1) is 17.3 Å². The molecule has 0 spiro atoms. The summed E-state index contributed by atoms with van der Waals surface area (Å²) in [6.07, 6.45) is 0. The fourth-order valence-corrected chi connectivity index (χ4v) is 16.1. The summed E-state index contributed by atoms with van der Waals surface area (Å²) in [7, 11) is 0. The molecule has 0 atom stereocenters. The molecule has 0 N–H and O–H groups in total. The number of hydrogen-bond acceptors (Lipinski definition) is 6. The highest BCUT2D eigenvalue weighted by molar-refractivity contribution is 7.03. The van der Waals surface area contributed by atoms with Crippen molar-refractivity contribution in [3.63, 3.8) is 0 Å². The van der Waals surface area contributed by atoms with Crippen LogP contribution in [0.5, 0.6) is 0 Å². The predicted molar refractivity (Wildman–Crippen MR) is 400 cm³/mol. The Morgan fingerprint density at radius 3 is 0.968 bits per heavy atom. The summed E-state index contributed by atoms with van der Waals surface area (Å²) in [4.78, 5) is 12.6. The van der Waals surface area contributed by atoms with Crippen LogP contribution in [0, 0.1) is 11.3 Å². The molecule has 19 rings (SSSR count). The molecule has 8 heteroatoms. The Morgan fingerprint density at radius 2 is 0.579 bits per heavy atom. The third-order valence-corrected chi connectivity index (χ3v) is 19.9. The molecule has 15 aromatic carbocycles. The van der Waals surface area contributed by atoms with Crippen LogP contribution >= 0.6 is 0 Å². The van der Waals surface area contributed by atoms with Crippen LogP contribution in [0.25, 0.3) is 43.8 Å². The maximum atomic E-state index is 9.93. The Balaban J connectivity index is 0.932. The molecule has 6 nitrogen and oxygen atoms in total. The topological polar surface area (TPSA) is 40.0 Å². The van der Waals surface area contributed by atoms with E-state index in [1.807, 2.05) is 12.1 Å². The minimum atomic E-state index is -0.184. The zero-order chi connectivity index (χ0) is 62.7. The van der Waals surface area contributed by atoms with E-state index in [9.17, 15) is 5.26 Å². The molecule has 4 heterocycles. The van der Waals surface area contributed by atoms with Crippen molar-refractivity contribution in [3.05, 3.63) is 345 Å². The van der Waals surface area contributed by atoms with Crippen LogP contribution in [0.4, 0.5) is 85.3 Å². The van der Waals surface area contributed by atoms with Crippen molar-refractivity contribution in [1.82, 2.24) is 0 Å². The average Bonchev–Trinajstić information content (AvgIpc) is 0.687. The van der Waals surface area contributed by atoms with Crippen molar-refractivity contribution >= 4 is 153 Å². The number of hydrogen-bond donors (Lipinski definition) is 0. The van der Waals surface area contributed by atoms with Crippen LogP contribution in [-0.4, -0.2) is 13.4 Å². The molecular weight excluding hydrogens is 1150 g/mol. The highest BCUT2D eigenvalue weighted by Gasteiger charge is 2.49. The Labute approximate surface area is 553 Å². The van der Waals surface area contributed by atoms with E-state index in [1.165, 1.54) is 38.3 Å². The number of fused-ring (bicyclic) bond motifs is 10. The van der Waals surface area contributed by atoms with E-state index in [4.69, 9.17) is 0 Å². The van der Waals surface area contributed by atoms with E-state index in [2.05, 4.69) is 358 Å². The van der Waals surface area contributed by atoms with E-state index >= 15 is 0 Å². The molecule has 0 fully saturated rings. The van der Waals surface area contributed by atoms with Crippen LogP contribution in [0.15, 0.2) is 340 Å². The van der Waals surface area contributed by atoms with Gasteiger partial charge in [0.15, 0.2) is 0 Å². The molecule has 4 aliphatic heterocycles. The number of nitrogens with zero attached hydrogens (tertiary/aromatic N) is 6. The fraction of sp³-hybridized carbons (Fsp3) is 0. The summed E-state index contributed by atoms with van der Waals surface area (Å²) in [5, 5.41) is 14.5. The molecule has 440 valence electrons. The minimum absolute atomic E-state index is 0.172. The molecule has 0 aliphatic carbocycles. The largest absolute Gasteiger partial charge is 0.311 e. The Bertz CT molecular complexity index is 5500. The minimum Gasteiger partial charge on any atom is -0.311 e. The third kappa shape index (κ3) is 8.39. The van der Waals surface area contributed by atoms with Crippen molar-refractivity contribution in [2.24, 2.45) is 0 Å². The zero-order valence-electron chi connectivity index (χ0n) is 51.7. The quantitative estimate of drug-likeness (QED) is 0.106. The second kappa shape index (κ2) is 21.8. The summed E-state index contributed by atoms with van der Waals surface area (Å²) in [5.74, 6) is 0. The Kier molecular flexibility index (Phi) is 12.4. The molecule has 15 aromatic rings. The number of rotatable bonds is 9. The summed E-state index contributed by atoms with van der Waals surface area (Å²) < 4.78 is 0. The Hall–Kier alpha value is -12.6. The van der Waals surface area contributed by atoms with Crippen LogP contribution in [0.1, 0.15) is 5.56 Å². The molecule has 95 heavy (non-hydrogen) atoms. The van der Waals surface area contributed by atoms with E-state index in [1.54, 1.807) is 0 Å².